The third-order valence-corrected chi connectivity index (χ3v) is 2.76. The summed E-state index contributed by atoms with van der Waals surface area (Å²) < 4.78 is 0.830. The molecule has 0 fully saturated rings. The Balaban J connectivity index is 2.60. The lowest BCUT2D eigenvalue weighted by Crippen LogP contribution is -2.23. The molecule has 8 heteroatoms. The zero-order valence-corrected chi connectivity index (χ0v) is 8.00. The van der Waals surface area contributed by atoms with Crippen LogP contribution in [0, 0.1) is 0 Å². The Hall–Kier alpha value is -2.09. The number of nitrogens with one attached hydrogen (secondary N) is 2. The fourth-order valence-electron chi connectivity index (χ4n) is 1.07. The molecule has 0 saturated carbocycles. The van der Waals surface area contributed by atoms with E-state index in [4.69, 9.17) is 5.11 Å². The van der Waals surface area contributed by atoms with E-state index in [1.165, 1.54) is 12.1 Å². The van der Waals surface area contributed by atoms with E-state index >= 15 is 0 Å². The van der Waals surface area contributed by atoms with Crippen LogP contribution >= 0.6 is 11.3 Å². The zero-order chi connectivity index (χ0) is 11.0. The summed E-state index contributed by atoms with van der Waals surface area (Å²) in [5, 5.41) is 13.1. The topological polar surface area (TPSA) is 108 Å². The monoisotopic (exact) mass is 227 g/mol. The number of carboxylic acid groups (broad SMARTS) is 1. The first-order valence-electron chi connectivity index (χ1n) is 3.83. The molecule has 0 aliphatic heterocycles. The van der Waals surface area contributed by atoms with Gasteiger partial charge < -0.3 is 5.11 Å². The molecule has 2 aromatic rings. The maximum atomic E-state index is 11.2. The number of rotatable bonds is 2. The molecule has 0 aliphatic carbocycles. The van der Waals surface area contributed by atoms with E-state index in [9.17, 15) is 14.4 Å². The molecule has 0 radical (unpaired) electrons. The second kappa shape index (κ2) is 3.24. The van der Waals surface area contributed by atoms with E-state index in [-0.39, 0.29) is 9.88 Å². The molecule has 78 valence electrons. The average molecular weight is 227 g/mol. The summed E-state index contributed by atoms with van der Waals surface area (Å²) in [4.78, 5) is 33.0. The predicted molar refractivity (Wildman–Crippen MR) is 51.8 cm³/mol. The molecule has 0 aromatic carbocycles. The molecule has 3 N–H and O–H groups in total. The van der Waals surface area contributed by atoms with Crippen molar-refractivity contribution in [2.75, 3.05) is 0 Å². The molecule has 0 aliphatic rings. The Morgan fingerprint density at radius 3 is 2.33 bits per heavy atom. The Kier molecular flexibility index (Phi) is 2.05. The van der Waals surface area contributed by atoms with Crippen LogP contribution in [0.25, 0.3) is 5.00 Å². The maximum absolute atomic E-state index is 11.2. The summed E-state index contributed by atoms with van der Waals surface area (Å²) >= 11 is 0.850. The first-order chi connectivity index (χ1) is 7.09. The van der Waals surface area contributed by atoms with Crippen LogP contribution in [0.4, 0.5) is 0 Å². The molecular formula is C7H5N3O4S. The standard InChI is InChI=1S/C7H5N3O4S/c11-5(12)3-1-2-4(15-3)10-6(13)8-9-7(10)14/h1-2H,(H,8,13)(H,9,14)(H,11,12). The van der Waals surface area contributed by atoms with Gasteiger partial charge in [0, 0.05) is 0 Å². The Bertz CT molecular complexity index is 589. The van der Waals surface area contributed by atoms with Gasteiger partial charge in [-0.15, -0.1) is 11.3 Å². The molecule has 0 saturated heterocycles. The van der Waals surface area contributed by atoms with E-state index in [1.807, 2.05) is 0 Å². The number of aromatic amines is 2. The molecule has 0 spiro atoms. The van der Waals surface area contributed by atoms with Crippen LogP contribution in [0.1, 0.15) is 9.67 Å². The second-order valence-corrected chi connectivity index (χ2v) is 3.70. The van der Waals surface area contributed by atoms with E-state index < -0.39 is 17.3 Å². The number of carbonyl (C=O) groups is 1. The zero-order valence-electron chi connectivity index (χ0n) is 7.18. The molecule has 15 heavy (non-hydrogen) atoms. The van der Waals surface area contributed by atoms with E-state index in [2.05, 4.69) is 10.2 Å². The molecule has 0 amide bonds. The van der Waals surface area contributed by atoms with Crippen molar-refractivity contribution in [3.63, 3.8) is 0 Å². The molecule has 7 nitrogen and oxygen atoms in total. The van der Waals surface area contributed by atoms with Crippen LogP contribution in [-0.2, 0) is 0 Å². The Labute approximate surface area is 85.6 Å². The normalized spacial score (nSPS) is 10.4. The Morgan fingerprint density at radius 1 is 1.27 bits per heavy atom. The molecule has 2 aromatic heterocycles. The van der Waals surface area contributed by atoms with Crippen molar-refractivity contribution >= 4 is 17.3 Å². The van der Waals surface area contributed by atoms with Gasteiger partial charge in [0.15, 0.2) is 0 Å². The van der Waals surface area contributed by atoms with E-state index in [1.54, 1.807) is 0 Å². The second-order valence-electron chi connectivity index (χ2n) is 2.64. The summed E-state index contributed by atoms with van der Waals surface area (Å²) in [6, 6.07) is 2.74. The van der Waals surface area contributed by atoms with Crippen molar-refractivity contribution in [2.45, 2.75) is 0 Å². The van der Waals surface area contributed by atoms with Crippen LogP contribution in [0.5, 0.6) is 0 Å². The highest BCUT2D eigenvalue weighted by molar-refractivity contribution is 7.16. The third-order valence-electron chi connectivity index (χ3n) is 1.71. The van der Waals surface area contributed by atoms with Crippen molar-refractivity contribution in [1.82, 2.24) is 14.8 Å². The van der Waals surface area contributed by atoms with Gasteiger partial charge in [-0.2, -0.15) is 0 Å². The highest BCUT2D eigenvalue weighted by Crippen LogP contribution is 2.17. The van der Waals surface area contributed by atoms with Gasteiger partial charge in [-0.3, -0.25) is 0 Å². The number of aromatic nitrogens is 3. The van der Waals surface area contributed by atoms with Gasteiger partial charge in [0.25, 0.3) is 0 Å². The highest BCUT2D eigenvalue weighted by Gasteiger charge is 2.11. The minimum Gasteiger partial charge on any atom is -0.477 e. The van der Waals surface area contributed by atoms with Gasteiger partial charge in [0.1, 0.15) is 9.88 Å². The number of H-pyrrole nitrogens is 2. The van der Waals surface area contributed by atoms with Gasteiger partial charge >= 0.3 is 17.3 Å². The molecule has 2 rings (SSSR count). The third kappa shape index (κ3) is 1.50. The van der Waals surface area contributed by atoms with E-state index in [0.29, 0.717) is 0 Å². The van der Waals surface area contributed by atoms with Gasteiger partial charge in [0.05, 0.1) is 0 Å². The van der Waals surface area contributed by atoms with Gasteiger partial charge in [-0.1, -0.05) is 0 Å². The lowest BCUT2D eigenvalue weighted by molar-refractivity contribution is 0.0702. The highest BCUT2D eigenvalue weighted by atomic mass is 32.1. The predicted octanol–water partition coefficient (Wildman–Crippen LogP) is -0.386. The lowest BCUT2D eigenvalue weighted by atomic mass is 10.5. The molecule has 2 heterocycles. The number of hydrogen-bond acceptors (Lipinski definition) is 4. The molecular weight excluding hydrogens is 222 g/mol. The number of nitrogens with zero attached hydrogens (tertiary/aromatic N) is 1. The largest absolute Gasteiger partial charge is 0.477 e. The van der Waals surface area contributed by atoms with Crippen molar-refractivity contribution in [2.24, 2.45) is 0 Å². The van der Waals surface area contributed by atoms with Gasteiger partial charge in [-0.25, -0.2) is 29.1 Å². The molecule has 0 bridgehead atoms. The van der Waals surface area contributed by atoms with Crippen molar-refractivity contribution in [3.8, 4) is 5.00 Å². The van der Waals surface area contributed by atoms with Crippen LogP contribution in [0.2, 0.25) is 0 Å². The number of hydrogen-bond donors (Lipinski definition) is 3. The van der Waals surface area contributed by atoms with Crippen molar-refractivity contribution in [1.29, 1.82) is 0 Å². The van der Waals surface area contributed by atoms with E-state index in [0.717, 1.165) is 15.9 Å². The maximum Gasteiger partial charge on any atom is 0.349 e. The summed E-state index contributed by atoms with van der Waals surface area (Å²) in [7, 11) is 0. The fourth-order valence-corrected chi connectivity index (χ4v) is 1.92. The first kappa shape index (κ1) is 9.46. The van der Waals surface area contributed by atoms with Crippen LogP contribution in [-0.4, -0.2) is 25.8 Å². The van der Waals surface area contributed by atoms with Crippen LogP contribution in [0.3, 0.4) is 0 Å². The Morgan fingerprint density at radius 2 is 1.87 bits per heavy atom. The molecule has 0 atom stereocenters. The quantitative estimate of drug-likeness (QED) is 0.649. The summed E-state index contributed by atoms with van der Waals surface area (Å²) in [5.74, 6) is -1.09. The van der Waals surface area contributed by atoms with Gasteiger partial charge in [0.2, 0.25) is 0 Å². The summed E-state index contributed by atoms with van der Waals surface area (Å²) in [6.07, 6.45) is 0. The van der Waals surface area contributed by atoms with Crippen LogP contribution < -0.4 is 11.4 Å². The molecule has 0 unspecified atom stereocenters. The summed E-state index contributed by atoms with van der Waals surface area (Å²) in [6.45, 7) is 0. The fraction of sp³-hybridized carbons (Fsp3) is 0. The number of carboxylic acids is 1. The SMILES string of the molecule is O=C(O)c1ccc(-n2c(=O)[nH][nH]c2=O)s1. The minimum absolute atomic E-state index is 0.0671. The first-order valence-corrected chi connectivity index (χ1v) is 4.64. The lowest BCUT2D eigenvalue weighted by Gasteiger charge is -1.90. The smallest absolute Gasteiger partial charge is 0.349 e. The van der Waals surface area contributed by atoms with Crippen LogP contribution in [0.15, 0.2) is 21.7 Å². The van der Waals surface area contributed by atoms with Gasteiger partial charge in [-0.05, 0) is 12.1 Å². The number of thiophene rings is 1. The minimum atomic E-state index is -1.09. The summed E-state index contributed by atoms with van der Waals surface area (Å²) in [5.41, 5.74) is -1.25. The number of aromatic carboxylic acids is 1. The van der Waals surface area contributed by atoms with Crippen molar-refractivity contribution < 1.29 is 9.90 Å². The average Bonchev–Trinajstić information content (AvgIpc) is 2.73. The van der Waals surface area contributed by atoms with Crippen molar-refractivity contribution in [3.05, 3.63) is 38.0 Å².